The maximum absolute atomic E-state index is 11.0. The summed E-state index contributed by atoms with van der Waals surface area (Å²) in [6.45, 7) is 1.08. The summed E-state index contributed by atoms with van der Waals surface area (Å²) in [5, 5.41) is 9.05. The van der Waals surface area contributed by atoms with Crippen LogP contribution in [0.4, 0.5) is 4.79 Å². The number of carbonyl (C=O) groups is 1. The lowest BCUT2D eigenvalue weighted by atomic mass is 10.00. The average molecular weight is 311 g/mol. The predicted octanol–water partition coefficient (Wildman–Crippen LogP) is 3.94. The minimum Gasteiger partial charge on any atom is -0.465 e. The van der Waals surface area contributed by atoms with Crippen molar-refractivity contribution in [1.29, 1.82) is 0 Å². The van der Waals surface area contributed by atoms with Gasteiger partial charge >= 0.3 is 6.09 Å². The molecule has 1 heterocycles. The molecule has 3 rings (SSSR count). The first-order valence-corrected chi connectivity index (χ1v) is 7.97. The summed E-state index contributed by atoms with van der Waals surface area (Å²) < 4.78 is 6.37. The van der Waals surface area contributed by atoms with Gasteiger partial charge in [-0.1, -0.05) is 60.7 Å². The zero-order chi connectivity index (χ0) is 16.1. The summed E-state index contributed by atoms with van der Waals surface area (Å²) in [5.74, 6) is 0. The van der Waals surface area contributed by atoms with Crippen LogP contribution in [-0.4, -0.2) is 35.3 Å². The highest BCUT2D eigenvalue weighted by Crippen LogP contribution is 2.29. The number of hydrogen-bond donors (Lipinski definition) is 1. The number of nitrogens with zero attached hydrogens (tertiary/aromatic N) is 1. The first kappa shape index (κ1) is 15.6. The van der Waals surface area contributed by atoms with Crippen LogP contribution in [0.15, 0.2) is 60.7 Å². The van der Waals surface area contributed by atoms with Gasteiger partial charge in [0.15, 0.2) is 0 Å². The van der Waals surface area contributed by atoms with E-state index in [9.17, 15) is 4.79 Å². The second-order valence-corrected chi connectivity index (χ2v) is 5.81. The number of piperidine rings is 1. The van der Waals surface area contributed by atoms with Crippen LogP contribution < -0.4 is 0 Å². The number of carboxylic acid groups (broad SMARTS) is 1. The molecule has 1 saturated heterocycles. The SMILES string of the molecule is O=C(O)N1CCC(OC(c2ccccc2)c2ccccc2)CC1. The Kier molecular flexibility index (Phi) is 4.93. The first-order chi connectivity index (χ1) is 11.2. The van der Waals surface area contributed by atoms with Crippen molar-refractivity contribution in [3.05, 3.63) is 71.8 Å². The summed E-state index contributed by atoms with van der Waals surface area (Å²) >= 11 is 0. The van der Waals surface area contributed by atoms with E-state index >= 15 is 0 Å². The second kappa shape index (κ2) is 7.29. The van der Waals surface area contributed by atoms with Crippen molar-refractivity contribution in [2.24, 2.45) is 0 Å². The lowest BCUT2D eigenvalue weighted by molar-refractivity contribution is -0.0240. The number of amides is 1. The Labute approximate surface area is 136 Å². The highest BCUT2D eigenvalue weighted by Gasteiger charge is 2.26. The van der Waals surface area contributed by atoms with Crippen LogP contribution in [0.1, 0.15) is 30.1 Å². The fourth-order valence-electron chi connectivity index (χ4n) is 2.98. The van der Waals surface area contributed by atoms with E-state index in [1.54, 1.807) is 0 Å². The van der Waals surface area contributed by atoms with Gasteiger partial charge < -0.3 is 14.7 Å². The second-order valence-electron chi connectivity index (χ2n) is 5.81. The molecule has 1 N–H and O–H groups in total. The summed E-state index contributed by atoms with van der Waals surface area (Å²) in [4.78, 5) is 12.5. The molecule has 1 aliphatic rings. The van der Waals surface area contributed by atoms with E-state index < -0.39 is 6.09 Å². The van der Waals surface area contributed by atoms with Crippen molar-refractivity contribution < 1.29 is 14.6 Å². The van der Waals surface area contributed by atoms with Gasteiger partial charge in [0.1, 0.15) is 6.10 Å². The van der Waals surface area contributed by atoms with Gasteiger partial charge in [0.2, 0.25) is 0 Å². The van der Waals surface area contributed by atoms with Crippen LogP contribution in [0.25, 0.3) is 0 Å². The van der Waals surface area contributed by atoms with Crippen LogP contribution in [-0.2, 0) is 4.74 Å². The molecule has 4 nitrogen and oxygen atoms in total. The largest absolute Gasteiger partial charge is 0.465 e. The molecule has 0 aromatic heterocycles. The Bertz CT molecular complexity index is 582. The molecule has 0 aliphatic carbocycles. The predicted molar refractivity (Wildman–Crippen MR) is 88.4 cm³/mol. The van der Waals surface area contributed by atoms with Crippen molar-refractivity contribution >= 4 is 6.09 Å². The Morgan fingerprint density at radius 3 is 1.87 bits per heavy atom. The molecule has 1 aliphatic heterocycles. The molecular weight excluding hydrogens is 290 g/mol. The van der Waals surface area contributed by atoms with Crippen molar-refractivity contribution in [3.8, 4) is 0 Å². The quantitative estimate of drug-likeness (QED) is 0.930. The molecule has 23 heavy (non-hydrogen) atoms. The maximum atomic E-state index is 11.0. The van der Waals surface area contributed by atoms with Crippen LogP contribution in [0.5, 0.6) is 0 Å². The smallest absolute Gasteiger partial charge is 0.407 e. The molecule has 0 atom stereocenters. The Hall–Kier alpha value is -2.33. The van der Waals surface area contributed by atoms with E-state index in [1.807, 2.05) is 36.4 Å². The van der Waals surface area contributed by atoms with Crippen LogP contribution in [0.2, 0.25) is 0 Å². The van der Waals surface area contributed by atoms with Gasteiger partial charge in [-0.05, 0) is 24.0 Å². The Morgan fingerprint density at radius 1 is 0.957 bits per heavy atom. The lowest BCUT2D eigenvalue weighted by Crippen LogP contribution is -2.40. The van der Waals surface area contributed by atoms with Gasteiger partial charge in [-0.15, -0.1) is 0 Å². The normalized spacial score (nSPS) is 15.8. The van der Waals surface area contributed by atoms with Gasteiger partial charge in [-0.2, -0.15) is 0 Å². The van der Waals surface area contributed by atoms with Crippen molar-refractivity contribution in [2.45, 2.75) is 25.0 Å². The molecule has 2 aromatic rings. The fourth-order valence-corrected chi connectivity index (χ4v) is 2.98. The zero-order valence-corrected chi connectivity index (χ0v) is 13.0. The van der Waals surface area contributed by atoms with Gasteiger partial charge in [-0.3, -0.25) is 0 Å². The Morgan fingerprint density at radius 2 is 1.43 bits per heavy atom. The monoisotopic (exact) mass is 311 g/mol. The number of ether oxygens (including phenoxy) is 1. The molecule has 0 bridgehead atoms. The van der Waals surface area contributed by atoms with Crippen molar-refractivity contribution in [2.75, 3.05) is 13.1 Å². The molecular formula is C19H21NO3. The van der Waals surface area contributed by atoms with Gasteiger partial charge in [0, 0.05) is 13.1 Å². The van der Waals surface area contributed by atoms with E-state index in [4.69, 9.17) is 9.84 Å². The van der Waals surface area contributed by atoms with E-state index in [-0.39, 0.29) is 12.2 Å². The number of benzene rings is 2. The van der Waals surface area contributed by atoms with Gasteiger partial charge in [-0.25, -0.2) is 4.79 Å². The highest BCUT2D eigenvalue weighted by atomic mass is 16.5. The van der Waals surface area contributed by atoms with Crippen molar-refractivity contribution in [1.82, 2.24) is 4.90 Å². The number of hydrogen-bond acceptors (Lipinski definition) is 2. The lowest BCUT2D eigenvalue weighted by Gasteiger charge is -2.32. The molecule has 2 aromatic carbocycles. The summed E-state index contributed by atoms with van der Waals surface area (Å²) in [6, 6.07) is 20.3. The third-order valence-corrected chi connectivity index (χ3v) is 4.25. The minimum atomic E-state index is -0.842. The van der Waals surface area contributed by atoms with E-state index in [0.29, 0.717) is 13.1 Å². The minimum absolute atomic E-state index is 0.0796. The third kappa shape index (κ3) is 3.90. The molecule has 1 amide bonds. The standard InChI is InChI=1S/C19H21NO3/c21-19(22)20-13-11-17(12-14-20)23-18(15-7-3-1-4-8-15)16-9-5-2-6-10-16/h1-10,17-18H,11-14H2,(H,21,22). The van der Waals surface area contributed by atoms with Crippen LogP contribution in [0, 0.1) is 0 Å². The van der Waals surface area contributed by atoms with Crippen LogP contribution >= 0.6 is 0 Å². The summed E-state index contributed by atoms with van der Waals surface area (Å²) in [7, 11) is 0. The summed E-state index contributed by atoms with van der Waals surface area (Å²) in [5.41, 5.74) is 2.25. The third-order valence-electron chi connectivity index (χ3n) is 4.25. The van der Waals surface area contributed by atoms with Crippen LogP contribution in [0.3, 0.4) is 0 Å². The molecule has 0 saturated carbocycles. The molecule has 0 unspecified atom stereocenters. The average Bonchev–Trinajstić information content (AvgIpc) is 2.61. The number of likely N-dealkylation sites (tertiary alicyclic amines) is 1. The highest BCUT2D eigenvalue weighted by molar-refractivity contribution is 5.65. The maximum Gasteiger partial charge on any atom is 0.407 e. The van der Waals surface area contributed by atoms with E-state index in [1.165, 1.54) is 4.90 Å². The van der Waals surface area contributed by atoms with Gasteiger partial charge in [0.25, 0.3) is 0 Å². The fraction of sp³-hybridized carbons (Fsp3) is 0.316. The molecule has 4 heteroatoms. The molecule has 0 radical (unpaired) electrons. The molecule has 1 fully saturated rings. The van der Waals surface area contributed by atoms with E-state index in [2.05, 4.69) is 24.3 Å². The molecule has 0 spiro atoms. The van der Waals surface area contributed by atoms with Crippen molar-refractivity contribution in [3.63, 3.8) is 0 Å². The Balaban J connectivity index is 1.74. The zero-order valence-electron chi connectivity index (χ0n) is 13.0. The number of rotatable bonds is 4. The van der Waals surface area contributed by atoms with Gasteiger partial charge in [0.05, 0.1) is 6.10 Å². The topological polar surface area (TPSA) is 49.8 Å². The molecule has 120 valence electrons. The summed E-state index contributed by atoms with van der Waals surface area (Å²) in [6.07, 6.45) is 0.603. The van der Waals surface area contributed by atoms with E-state index in [0.717, 1.165) is 24.0 Å². The first-order valence-electron chi connectivity index (χ1n) is 7.97.